The predicted molar refractivity (Wildman–Crippen MR) is 88.6 cm³/mol. The summed E-state index contributed by atoms with van der Waals surface area (Å²) < 4.78 is 0. The van der Waals surface area contributed by atoms with Crippen molar-refractivity contribution in [3.8, 4) is 47.4 Å². The van der Waals surface area contributed by atoms with E-state index in [9.17, 15) is 0 Å². The smallest absolute Gasteiger partial charge is 0.00989 e. The van der Waals surface area contributed by atoms with Crippen LogP contribution in [0.15, 0.2) is 0 Å². The first-order chi connectivity index (χ1) is 9.91. The predicted octanol–water partition coefficient (Wildman–Crippen LogP) is 4.94. The Bertz CT molecular complexity index is 405. The minimum absolute atomic E-state index is 0.944. The zero-order chi connectivity index (χ0) is 14.7. The summed E-state index contributed by atoms with van der Waals surface area (Å²) >= 11 is 0. The fraction of sp³-hybridized carbons (Fsp3) is 0.600. The molecule has 0 rings (SSSR count). The van der Waals surface area contributed by atoms with Crippen LogP contribution in [0, 0.1) is 47.4 Å². The van der Waals surface area contributed by atoms with Crippen molar-refractivity contribution >= 4 is 0 Å². The van der Waals surface area contributed by atoms with E-state index in [1.807, 2.05) is 0 Å². The van der Waals surface area contributed by atoms with Crippen molar-refractivity contribution in [2.24, 2.45) is 0 Å². The minimum Gasteiger partial charge on any atom is -0.0891 e. The molecule has 0 aromatic heterocycles. The Morgan fingerprint density at radius 2 is 0.850 bits per heavy atom. The SMILES string of the molecule is CCCCCCC#CC#CC#CC#CCCCCCC. The maximum atomic E-state index is 3.05. The van der Waals surface area contributed by atoms with Gasteiger partial charge in [0.1, 0.15) is 0 Å². The molecule has 0 amide bonds. The zero-order valence-electron chi connectivity index (χ0n) is 13.1. The van der Waals surface area contributed by atoms with Crippen LogP contribution < -0.4 is 0 Å². The summed E-state index contributed by atoms with van der Waals surface area (Å²) in [6.45, 7) is 4.42. The molecule has 0 aliphatic rings. The molecule has 0 heterocycles. The average Bonchev–Trinajstić information content (AvgIpc) is 2.47. The lowest BCUT2D eigenvalue weighted by Gasteiger charge is -1.90. The maximum absolute atomic E-state index is 3.05. The van der Waals surface area contributed by atoms with Crippen LogP contribution in [-0.4, -0.2) is 0 Å². The van der Waals surface area contributed by atoms with Crippen LogP contribution in [0.5, 0.6) is 0 Å². The van der Waals surface area contributed by atoms with Gasteiger partial charge in [-0.1, -0.05) is 64.2 Å². The molecule has 0 aromatic carbocycles. The number of hydrogen-bond acceptors (Lipinski definition) is 0. The van der Waals surface area contributed by atoms with Crippen molar-refractivity contribution in [3.63, 3.8) is 0 Å². The van der Waals surface area contributed by atoms with E-state index < -0.39 is 0 Å². The van der Waals surface area contributed by atoms with Crippen molar-refractivity contribution in [1.29, 1.82) is 0 Å². The van der Waals surface area contributed by atoms with Crippen molar-refractivity contribution < 1.29 is 0 Å². The van der Waals surface area contributed by atoms with Crippen LogP contribution in [0.4, 0.5) is 0 Å². The lowest BCUT2D eigenvalue weighted by atomic mass is 10.2. The van der Waals surface area contributed by atoms with E-state index >= 15 is 0 Å². The molecule has 20 heavy (non-hydrogen) atoms. The molecule has 0 aliphatic heterocycles. The Hall–Kier alpha value is -1.76. The molecule has 0 unspecified atom stereocenters. The quantitative estimate of drug-likeness (QED) is 0.431. The molecule has 0 radical (unpaired) electrons. The molecule has 0 spiro atoms. The first-order valence-corrected chi connectivity index (χ1v) is 7.87. The third kappa shape index (κ3) is 16.2. The number of rotatable bonds is 8. The van der Waals surface area contributed by atoms with Gasteiger partial charge >= 0.3 is 0 Å². The van der Waals surface area contributed by atoms with Crippen LogP contribution in [0.3, 0.4) is 0 Å². The Morgan fingerprint density at radius 3 is 1.25 bits per heavy atom. The summed E-state index contributed by atoms with van der Waals surface area (Å²) in [5, 5.41) is 0. The number of unbranched alkanes of at least 4 members (excludes halogenated alkanes) is 8. The lowest BCUT2D eigenvalue weighted by molar-refractivity contribution is 0.680. The van der Waals surface area contributed by atoms with E-state index in [2.05, 4.69) is 61.2 Å². The van der Waals surface area contributed by atoms with Gasteiger partial charge in [0.25, 0.3) is 0 Å². The van der Waals surface area contributed by atoms with Crippen LogP contribution in [0.2, 0.25) is 0 Å². The molecule has 0 N–H and O–H groups in total. The summed E-state index contributed by atoms with van der Waals surface area (Å²) in [6.07, 6.45) is 11.9. The largest absolute Gasteiger partial charge is 0.0891 e. The van der Waals surface area contributed by atoms with E-state index in [-0.39, 0.29) is 0 Å². The van der Waals surface area contributed by atoms with Gasteiger partial charge in [-0.15, -0.1) is 0 Å². The molecule has 0 atom stereocenters. The van der Waals surface area contributed by atoms with Gasteiger partial charge in [-0.2, -0.15) is 0 Å². The van der Waals surface area contributed by atoms with Gasteiger partial charge in [-0.3, -0.25) is 0 Å². The summed E-state index contributed by atoms with van der Waals surface area (Å²) in [5.41, 5.74) is 0. The molecule has 0 aromatic rings. The molecule has 0 heteroatoms. The van der Waals surface area contributed by atoms with Crippen LogP contribution in [-0.2, 0) is 0 Å². The van der Waals surface area contributed by atoms with Gasteiger partial charge in [0.15, 0.2) is 0 Å². The Morgan fingerprint density at radius 1 is 0.450 bits per heavy atom. The summed E-state index contributed by atoms with van der Waals surface area (Å²) in [7, 11) is 0. The highest BCUT2D eigenvalue weighted by atomic mass is 13.9. The molecule has 106 valence electrons. The second kappa shape index (κ2) is 17.2. The average molecular weight is 266 g/mol. The lowest BCUT2D eigenvalue weighted by Crippen LogP contribution is -1.73. The topological polar surface area (TPSA) is 0 Å². The molecular weight excluding hydrogens is 240 g/mol. The molecule has 0 saturated heterocycles. The van der Waals surface area contributed by atoms with Crippen molar-refractivity contribution in [3.05, 3.63) is 0 Å². The highest BCUT2D eigenvalue weighted by molar-refractivity contribution is 5.39. The molecule has 0 bridgehead atoms. The van der Waals surface area contributed by atoms with Crippen molar-refractivity contribution in [2.45, 2.75) is 78.1 Å². The van der Waals surface area contributed by atoms with E-state index in [1.54, 1.807) is 0 Å². The monoisotopic (exact) mass is 266 g/mol. The fourth-order valence-electron chi connectivity index (χ4n) is 1.62. The third-order valence-electron chi connectivity index (χ3n) is 2.80. The van der Waals surface area contributed by atoms with Crippen LogP contribution in [0.1, 0.15) is 78.1 Å². The highest BCUT2D eigenvalue weighted by Gasteiger charge is 1.83. The normalized spacial score (nSPS) is 7.90. The summed E-state index contributed by atoms with van der Waals surface area (Å²) in [4.78, 5) is 0. The van der Waals surface area contributed by atoms with Crippen LogP contribution in [0.25, 0.3) is 0 Å². The molecule has 0 fully saturated rings. The third-order valence-corrected chi connectivity index (χ3v) is 2.80. The molecule has 0 saturated carbocycles. The Balaban J connectivity index is 3.64. The Labute approximate surface area is 126 Å². The molecular formula is C20H26. The summed E-state index contributed by atoms with van der Waals surface area (Å²) in [6, 6.07) is 0. The second-order valence-corrected chi connectivity index (χ2v) is 4.72. The molecule has 0 aliphatic carbocycles. The fourth-order valence-corrected chi connectivity index (χ4v) is 1.62. The van der Waals surface area contributed by atoms with Crippen molar-refractivity contribution in [1.82, 2.24) is 0 Å². The van der Waals surface area contributed by atoms with Gasteiger partial charge in [0.05, 0.1) is 0 Å². The second-order valence-electron chi connectivity index (χ2n) is 4.72. The van der Waals surface area contributed by atoms with E-state index in [0.717, 1.165) is 12.8 Å². The zero-order valence-corrected chi connectivity index (χ0v) is 13.1. The standard InChI is InChI=1S/C20H26/c1-3-5-7-9-11-13-15-17-19-20-18-16-14-12-10-8-6-4-2/h3-12H2,1-2H3. The number of hydrogen-bond donors (Lipinski definition) is 0. The minimum atomic E-state index is 0.944. The summed E-state index contributed by atoms with van der Waals surface area (Å²) in [5.74, 6) is 22.7. The van der Waals surface area contributed by atoms with Gasteiger partial charge in [-0.05, 0) is 48.4 Å². The first kappa shape index (κ1) is 18.2. The van der Waals surface area contributed by atoms with E-state index in [1.165, 1.54) is 51.4 Å². The van der Waals surface area contributed by atoms with E-state index in [4.69, 9.17) is 0 Å². The van der Waals surface area contributed by atoms with Gasteiger partial charge in [0.2, 0.25) is 0 Å². The van der Waals surface area contributed by atoms with Gasteiger partial charge in [-0.25, -0.2) is 0 Å². The van der Waals surface area contributed by atoms with Gasteiger partial charge < -0.3 is 0 Å². The van der Waals surface area contributed by atoms with Gasteiger partial charge in [0, 0.05) is 12.8 Å². The highest BCUT2D eigenvalue weighted by Crippen LogP contribution is 2.01. The first-order valence-electron chi connectivity index (χ1n) is 7.87. The maximum Gasteiger partial charge on any atom is 0.00989 e. The molecule has 0 nitrogen and oxygen atoms in total. The van der Waals surface area contributed by atoms with Crippen LogP contribution >= 0.6 is 0 Å². The van der Waals surface area contributed by atoms with Crippen molar-refractivity contribution in [2.75, 3.05) is 0 Å². The van der Waals surface area contributed by atoms with E-state index in [0.29, 0.717) is 0 Å². The Kier molecular flexibility index (Phi) is 15.7.